The van der Waals surface area contributed by atoms with Gasteiger partial charge in [-0.25, -0.2) is 8.42 Å². The molecule has 1 amide bonds. The van der Waals surface area contributed by atoms with Gasteiger partial charge in [-0.15, -0.1) is 0 Å². The molecule has 9 heteroatoms. The highest BCUT2D eigenvalue weighted by Crippen LogP contribution is 2.34. The maximum Gasteiger partial charge on any atom is 0.246 e. The summed E-state index contributed by atoms with van der Waals surface area (Å²) in [6.07, 6.45) is 1.03. The zero-order valence-corrected chi connectivity index (χ0v) is 18.3. The molecular formula is C21H22ClN3O4S. The van der Waals surface area contributed by atoms with E-state index in [1.54, 1.807) is 18.2 Å². The maximum absolute atomic E-state index is 13.4. The lowest BCUT2D eigenvalue weighted by molar-refractivity contribution is -0.119. The van der Waals surface area contributed by atoms with Crippen LogP contribution in [0.15, 0.2) is 41.3 Å². The fourth-order valence-corrected chi connectivity index (χ4v) is 5.31. The summed E-state index contributed by atoms with van der Waals surface area (Å²) in [6.45, 7) is 3.83. The predicted molar refractivity (Wildman–Crippen MR) is 113 cm³/mol. The minimum Gasteiger partial charge on any atom is -0.456 e. The number of halogens is 1. The van der Waals surface area contributed by atoms with Crippen LogP contribution in [0.3, 0.4) is 0 Å². The first-order chi connectivity index (χ1) is 14.2. The molecule has 7 nitrogen and oxygen atoms in total. The second-order valence-electron chi connectivity index (χ2n) is 7.22. The van der Waals surface area contributed by atoms with E-state index in [1.165, 1.54) is 29.4 Å². The molecule has 1 aliphatic rings. The van der Waals surface area contributed by atoms with Crippen LogP contribution in [0.1, 0.15) is 30.9 Å². The Hall–Kier alpha value is -2.60. The van der Waals surface area contributed by atoms with Crippen molar-refractivity contribution in [3.8, 4) is 17.6 Å². The van der Waals surface area contributed by atoms with Crippen molar-refractivity contribution in [1.82, 2.24) is 9.62 Å². The Morgan fingerprint density at radius 3 is 2.53 bits per heavy atom. The van der Waals surface area contributed by atoms with Crippen molar-refractivity contribution in [3.63, 3.8) is 0 Å². The first kappa shape index (κ1) is 22.1. The van der Waals surface area contributed by atoms with Gasteiger partial charge in [0.15, 0.2) is 0 Å². The number of sulfonamides is 1. The van der Waals surface area contributed by atoms with Crippen molar-refractivity contribution in [2.75, 3.05) is 13.1 Å². The number of amides is 1. The van der Waals surface area contributed by atoms with Gasteiger partial charge in [-0.1, -0.05) is 11.6 Å². The lowest BCUT2D eigenvalue weighted by Crippen LogP contribution is -2.46. The number of benzene rings is 2. The smallest absolute Gasteiger partial charge is 0.246 e. The number of piperidine rings is 1. The van der Waals surface area contributed by atoms with Crippen molar-refractivity contribution in [2.45, 2.75) is 37.6 Å². The molecule has 0 bridgehead atoms. The third-order valence-corrected chi connectivity index (χ3v) is 6.93. The largest absolute Gasteiger partial charge is 0.456 e. The molecule has 3 rings (SSSR count). The summed E-state index contributed by atoms with van der Waals surface area (Å²) < 4.78 is 33.9. The molecular weight excluding hydrogens is 426 g/mol. The van der Waals surface area contributed by atoms with Crippen LogP contribution >= 0.6 is 11.6 Å². The number of nitrogens with one attached hydrogen (secondary N) is 1. The van der Waals surface area contributed by atoms with Crippen LogP contribution in [0.25, 0.3) is 0 Å². The quantitative estimate of drug-likeness (QED) is 0.754. The summed E-state index contributed by atoms with van der Waals surface area (Å²) >= 11 is 6.09. The van der Waals surface area contributed by atoms with Gasteiger partial charge in [0, 0.05) is 31.1 Å². The van der Waals surface area contributed by atoms with Crippen LogP contribution in [0.4, 0.5) is 0 Å². The number of hydrogen-bond acceptors (Lipinski definition) is 5. The Morgan fingerprint density at radius 2 is 1.93 bits per heavy atom. The van der Waals surface area contributed by atoms with Gasteiger partial charge < -0.3 is 10.1 Å². The van der Waals surface area contributed by atoms with Gasteiger partial charge in [-0.05, 0) is 61.7 Å². The molecule has 1 heterocycles. The Morgan fingerprint density at radius 1 is 1.23 bits per heavy atom. The third kappa shape index (κ3) is 5.11. The molecule has 2 aromatic carbocycles. The first-order valence-corrected chi connectivity index (χ1v) is 11.3. The lowest BCUT2D eigenvalue weighted by atomic mass is 10.1. The van der Waals surface area contributed by atoms with E-state index in [2.05, 4.69) is 5.32 Å². The van der Waals surface area contributed by atoms with E-state index in [9.17, 15) is 18.5 Å². The standard InChI is InChI=1S/C21H22ClN3O4S/c1-14-9-17(22)12-19(10-14)29-20-4-3-16(13-23)11-21(20)30(27,28)25-7-5-18(6-8-25)24-15(2)26/h3-4,9-12,18H,5-8H2,1-2H3,(H,24,26). The van der Waals surface area contributed by atoms with Crippen LogP contribution < -0.4 is 10.1 Å². The van der Waals surface area contributed by atoms with Crippen molar-refractivity contribution in [2.24, 2.45) is 0 Å². The van der Waals surface area contributed by atoms with Gasteiger partial charge in [0.25, 0.3) is 0 Å². The molecule has 0 aromatic heterocycles. The van der Waals surface area contributed by atoms with Gasteiger partial charge in [-0.3, -0.25) is 4.79 Å². The maximum atomic E-state index is 13.4. The Kier molecular flexibility index (Phi) is 6.66. The summed E-state index contributed by atoms with van der Waals surface area (Å²) in [6, 6.07) is 11.3. The van der Waals surface area contributed by atoms with Crippen molar-refractivity contribution >= 4 is 27.5 Å². The molecule has 0 spiro atoms. The number of carbonyl (C=O) groups is 1. The molecule has 0 aliphatic carbocycles. The number of ether oxygens (including phenoxy) is 1. The molecule has 30 heavy (non-hydrogen) atoms. The van der Waals surface area contributed by atoms with Gasteiger partial charge >= 0.3 is 0 Å². The van der Waals surface area contributed by atoms with Gasteiger partial charge in [0.2, 0.25) is 15.9 Å². The fourth-order valence-electron chi connectivity index (χ4n) is 3.42. The predicted octanol–water partition coefficient (Wildman–Crippen LogP) is 3.60. The van der Waals surface area contributed by atoms with E-state index in [0.29, 0.717) is 23.6 Å². The van der Waals surface area contributed by atoms with E-state index >= 15 is 0 Å². The molecule has 0 radical (unpaired) electrons. The molecule has 1 N–H and O–H groups in total. The Bertz CT molecular complexity index is 1080. The number of rotatable bonds is 5. The number of aryl methyl sites for hydroxylation is 1. The van der Waals surface area contributed by atoms with E-state index in [4.69, 9.17) is 16.3 Å². The molecule has 0 saturated carbocycles. The minimum atomic E-state index is -3.91. The van der Waals surface area contributed by atoms with Gasteiger partial charge in [-0.2, -0.15) is 9.57 Å². The molecule has 0 unspecified atom stereocenters. The molecule has 1 aliphatic heterocycles. The summed E-state index contributed by atoms with van der Waals surface area (Å²) in [5.41, 5.74) is 1.09. The normalized spacial score (nSPS) is 15.4. The van der Waals surface area contributed by atoms with Crippen molar-refractivity contribution in [1.29, 1.82) is 5.26 Å². The summed E-state index contributed by atoms with van der Waals surface area (Å²) in [7, 11) is -3.91. The average Bonchev–Trinajstić information content (AvgIpc) is 2.67. The molecule has 1 saturated heterocycles. The Balaban J connectivity index is 1.91. The monoisotopic (exact) mass is 447 g/mol. The van der Waals surface area contributed by atoms with Crippen LogP contribution in [0.5, 0.6) is 11.5 Å². The first-order valence-electron chi connectivity index (χ1n) is 9.45. The summed E-state index contributed by atoms with van der Waals surface area (Å²) in [5.74, 6) is 0.399. The van der Waals surface area contributed by atoms with Crippen LogP contribution in [-0.2, 0) is 14.8 Å². The molecule has 0 atom stereocenters. The van der Waals surface area contributed by atoms with Crippen LogP contribution in [0.2, 0.25) is 5.02 Å². The van der Waals surface area contributed by atoms with Crippen LogP contribution in [0, 0.1) is 18.3 Å². The van der Waals surface area contributed by atoms with Crippen molar-refractivity contribution < 1.29 is 17.9 Å². The highest BCUT2D eigenvalue weighted by molar-refractivity contribution is 7.89. The van der Waals surface area contributed by atoms with E-state index < -0.39 is 10.0 Å². The number of hydrogen-bond donors (Lipinski definition) is 1. The van der Waals surface area contributed by atoms with Crippen LogP contribution in [-0.4, -0.2) is 37.8 Å². The molecule has 158 valence electrons. The highest BCUT2D eigenvalue weighted by Gasteiger charge is 2.32. The number of carbonyl (C=O) groups excluding carboxylic acids is 1. The summed E-state index contributed by atoms with van der Waals surface area (Å²) in [4.78, 5) is 11.2. The SMILES string of the molecule is CC(=O)NC1CCN(S(=O)(=O)c2cc(C#N)ccc2Oc2cc(C)cc(Cl)c2)CC1. The fraction of sp³-hybridized carbons (Fsp3) is 0.333. The average molecular weight is 448 g/mol. The zero-order valence-electron chi connectivity index (χ0n) is 16.7. The lowest BCUT2D eigenvalue weighted by Gasteiger charge is -2.31. The van der Waals surface area contributed by atoms with Gasteiger partial charge in [0.1, 0.15) is 16.4 Å². The van der Waals surface area contributed by atoms with E-state index in [-0.39, 0.29) is 41.2 Å². The topological polar surface area (TPSA) is 99.5 Å². The number of nitrogens with zero attached hydrogens (tertiary/aromatic N) is 2. The van der Waals surface area contributed by atoms with Crippen molar-refractivity contribution in [3.05, 3.63) is 52.5 Å². The van der Waals surface area contributed by atoms with E-state index in [1.807, 2.05) is 13.0 Å². The highest BCUT2D eigenvalue weighted by atomic mass is 35.5. The summed E-state index contributed by atoms with van der Waals surface area (Å²) in [5, 5.41) is 12.6. The van der Waals surface area contributed by atoms with E-state index in [0.717, 1.165) is 5.56 Å². The second-order valence-corrected chi connectivity index (χ2v) is 9.56. The third-order valence-electron chi connectivity index (χ3n) is 4.80. The zero-order chi connectivity index (χ0) is 21.9. The Labute approximate surface area is 181 Å². The van der Waals surface area contributed by atoms with Gasteiger partial charge in [0.05, 0.1) is 11.6 Å². The number of nitriles is 1. The molecule has 1 fully saturated rings. The molecule has 2 aromatic rings. The minimum absolute atomic E-state index is 0.0513. The second kappa shape index (κ2) is 9.04.